The Labute approximate surface area is 72.0 Å². The van der Waals surface area contributed by atoms with Crippen LogP contribution < -0.4 is 5.32 Å². The Morgan fingerprint density at radius 3 is 2.40 bits per heavy atom. The highest BCUT2D eigenvalue weighted by Gasteiger charge is 2.29. The van der Waals surface area contributed by atoms with Gasteiger partial charge in [0.15, 0.2) is 0 Å². The lowest BCUT2D eigenvalue weighted by Crippen LogP contribution is -2.38. The molecule has 0 saturated carbocycles. The largest absolute Gasteiger partial charge is 0.367 e. The fraction of sp³-hybridized carbons (Fsp3) is 0.857. The first-order valence-corrected chi connectivity index (χ1v) is 4.83. The quantitative estimate of drug-likeness (QED) is 0.566. The summed E-state index contributed by atoms with van der Waals surface area (Å²) in [4.78, 5) is 0. The molecule has 0 aliphatic carbocycles. The summed E-state index contributed by atoms with van der Waals surface area (Å²) >= 11 is 6.77. The molecule has 1 aliphatic heterocycles. The van der Waals surface area contributed by atoms with E-state index < -0.39 is 0 Å². The second kappa shape index (κ2) is 2.70. The van der Waals surface area contributed by atoms with Gasteiger partial charge in [-0.3, -0.25) is 0 Å². The molecule has 3 heteroatoms. The van der Waals surface area contributed by atoms with Gasteiger partial charge < -0.3 is 5.32 Å². The van der Waals surface area contributed by atoms with E-state index in [4.69, 9.17) is 12.2 Å². The van der Waals surface area contributed by atoms with Crippen LogP contribution in [0, 0.1) is 5.41 Å². The van der Waals surface area contributed by atoms with Gasteiger partial charge in [-0.05, 0) is 5.41 Å². The van der Waals surface area contributed by atoms with Crippen molar-refractivity contribution in [3.8, 4) is 0 Å². The predicted molar refractivity (Wildman–Crippen MR) is 51.4 cm³/mol. The van der Waals surface area contributed by atoms with Crippen LogP contribution in [0.25, 0.3) is 0 Å². The van der Waals surface area contributed by atoms with Gasteiger partial charge in [-0.15, -0.1) is 0 Å². The van der Waals surface area contributed by atoms with E-state index in [1.165, 1.54) is 0 Å². The third-order valence-electron chi connectivity index (χ3n) is 1.72. The zero-order chi connectivity index (χ0) is 7.78. The molecule has 1 nitrogen and oxygen atoms in total. The molecule has 1 heterocycles. The van der Waals surface area contributed by atoms with E-state index in [0.29, 0.717) is 11.5 Å². The normalized spacial score (nSPS) is 26.7. The van der Waals surface area contributed by atoms with Crippen LogP contribution in [-0.4, -0.2) is 16.1 Å². The van der Waals surface area contributed by atoms with Crippen LogP contribution in [0.3, 0.4) is 0 Å². The van der Waals surface area contributed by atoms with E-state index >= 15 is 0 Å². The van der Waals surface area contributed by atoms with Gasteiger partial charge in [0.2, 0.25) is 0 Å². The summed E-state index contributed by atoms with van der Waals surface area (Å²) in [5.41, 5.74) is 0.341. The number of thiocarbonyl (C=S) groups is 1. The van der Waals surface area contributed by atoms with Crippen molar-refractivity contribution in [3.63, 3.8) is 0 Å². The summed E-state index contributed by atoms with van der Waals surface area (Å²) in [7, 11) is 0. The molecule has 1 saturated heterocycles. The van der Waals surface area contributed by atoms with Gasteiger partial charge in [-0.25, -0.2) is 0 Å². The van der Waals surface area contributed by atoms with Gasteiger partial charge in [-0.2, -0.15) is 0 Å². The smallest absolute Gasteiger partial charge is 0.134 e. The fourth-order valence-corrected chi connectivity index (χ4v) is 2.32. The maximum Gasteiger partial charge on any atom is 0.134 e. The number of hydrogen-bond donors (Lipinski definition) is 1. The molecule has 0 bridgehead atoms. The van der Waals surface area contributed by atoms with E-state index in [-0.39, 0.29) is 0 Å². The van der Waals surface area contributed by atoms with Crippen LogP contribution in [0.2, 0.25) is 0 Å². The summed E-state index contributed by atoms with van der Waals surface area (Å²) < 4.78 is 0.958. The zero-order valence-electron chi connectivity index (χ0n) is 6.60. The number of nitrogens with one attached hydrogen (secondary N) is 1. The Balaban J connectivity index is 2.53. The van der Waals surface area contributed by atoms with Gasteiger partial charge in [0.25, 0.3) is 0 Å². The molecule has 58 valence electrons. The van der Waals surface area contributed by atoms with E-state index in [2.05, 4.69) is 26.1 Å². The third kappa shape index (κ3) is 1.86. The second-order valence-corrected chi connectivity index (χ2v) is 5.36. The average molecular weight is 175 g/mol. The minimum absolute atomic E-state index is 0.341. The molecule has 1 fully saturated rings. The highest BCUT2D eigenvalue weighted by atomic mass is 32.2. The van der Waals surface area contributed by atoms with E-state index in [1.54, 1.807) is 11.8 Å². The monoisotopic (exact) mass is 175 g/mol. The van der Waals surface area contributed by atoms with Crippen molar-refractivity contribution in [1.29, 1.82) is 0 Å². The molecule has 1 atom stereocenters. The Morgan fingerprint density at radius 1 is 1.60 bits per heavy atom. The van der Waals surface area contributed by atoms with E-state index in [0.717, 1.165) is 10.1 Å². The lowest BCUT2D eigenvalue weighted by Gasteiger charge is -2.25. The molecular formula is C7H13NS2. The molecule has 0 amide bonds. The summed E-state index contributed by atoms with van der Waals surface area (Å²) in [6, 6.07) is 0.560. The highest BCUT2D eigenvalue weighted by Crippen LogP contribution is 2.27. The molecule has 0 aromatic heterocycles. The van der Waals surface area contributed by atoms with Crippen LogP contribution in [0.4, 0.5) is 0 Å². The molecule has 1 rings (SSSR count). The van der Waals surface area contributed by atoms with Crippen LogP contribution in [0.1, 0.15) is 20.8 Å². The second-order valence-electron chi connectivity index (χ2n) is 3.66. The van der Waals surface area contributed by atoms with Crippen molar-refractivity contribution in [2.45, 2.75) is 26.8 Å². The average Bonchev–Trinajstić information content (AvgIpc) is 2.11. The maximum absolute atomic E-state index is 5.02. The number of rotatable bonds is 0. The molecule has 0 aromatic rings. The molecule has 10 heavy (non-hydrogen) atoms. The lowest BCUT2D eigenvalue weighted by atomic mass is 9.88. The topological polar surface area (TPSA) is 12.0 Å². The van der Waals surface area contributed by atoms with Gasteiger partial charge in [0.05, 0.1) is 0 Å². The predicted octanol–water partition coefficient (Wildman–Crippen LogP) is 2.02. The molecule has 1 aliphatic rings. The zero-order valence-corrected chi connectivity index (χ0v) is 8.23. The minimum Gasteiger partial charge on any atom is -0.367 e. The van der Waals surface area contributed by atoms with Crippen LogP contribution in [0.5, 0.6) is 0 Å². The highest BCUT2D eigenvalue weighted by molar-refractivity contribution is 8.23. The molecule has 0 aromatic carbocycles. The molecule has 0 unspecified atom stereocenters. The SMILES string of the molecule is CC(C)(C)[C@H]1CSC(=S)N1. The third-order valence-corrected chi connectivity index (χ3v) is 3.07. The van der Waals surface area contributed by atoms with Crippen LogP contribution in [-0.2, 0) is 0 Å². The Bertz CT molecular complexity index is 148. The molecule has 1 N–H and O–H groups in total. The van der Waals surface area contributed by atoms with Crippen molar-refractivity contribution in [2.24, 2.45) is 5.41 Å². The molecule has 0 spiro atoms. The van der Waals surface area contributed by atoms with Gasteiger partial charge in [0.1, 0.15) is 4.32 Å². The van der Waals surface area contributed by atoms with Crippen LogP contribution in [0.15, 0.2) is 0 Å². The first-order valence-electron chi connectivity index (χ1n) is 3.43. The van der Waals surface area contributed by atoms with Crippen molar-refractivity contribution in [3.05, 3.63) is 0 Å². The first kappa shape index (κ1) is 8.34. The van der Waals surface area contributed by atoms with Crippen molar-refractivity contribution >= 4 is 28.3 Å². The molecule has 0 radical (unpaired) electrons. The van der Waals surface area contributed by atoms with Gasteiger partial charge in [0, 0.05) is 11.8 Å². The summed E-state index contributed by atoms with van der Waals surface area (Å²) in [6.07, 6.45) is 0. The van der Waals surface area contributed by atoms with Crippen molar-refractivity contribution in [1.82, 2.24) is 5.32 Å². The first-order chi connectivity index (χ1) is 4.50. The summed E-state index contributed by atoms with van der Waals surface area (Å²) in [5, 5.41) is 3.29. The lowest BCUT2D eigenvalue weighted by molar-refractivity contribution is 0.326. The van der Waals surface area contributed by atoms with Gasteiger partial charge >= 0.3 is 0 Å². The van der Waals surface area contributed by atoms with E-state index in [9.17, 15) is 0 Å². The van der Waals surface area contributed by atoms with Crippen LogP contribution >= 0.6 is 24.0 Å². The number of hydrogen-bond acceptors (Lipinski definition) is 2. The number of thioether (sulfide) groups is 1. The summed E-state index contributed by atoms with van der Waals surface area (Å²) in [5.74, 6) is 1.13. The maximum atomic E-state index is 5.02. The minimum atomic E-state index is 0.341. The summed E-state index contributed by atoms with van der Waals surface area (Å²) in [6.45, 7) is 6.71. The van der Waals surface area contributed by atoms with Crippen molar-refractivity contribution < 1.29 is 0 Å². The van der Waals surface area contributed by atoms with E-state index in [1.807, 2.05) is 0 Å². The standard InChI is InChI=1S/C7H13NS2/c1-7(2,3)5-4-10-6(9)8-5/h5H,4H2,1-3H3,(H,8,9)/t5-/m1/s1. The molecular weight excluding hydrogens is 162 g/mol. The fourth-order valence-electron chi connectivity index (χ4n) is 0.851. The van der Waals surface area contributed by atoms with Gasteiger partial charge in [-0.1, -0.05) is 44.8 Å². The Morgan fingerprint density at radius 2 is 2.20 bits per heavy atom. The Kier molecular flexibility index (Phi) is 2.25. The van der Waals surface area contributed by atoms with Crippen molar-refractivity contribution in [2.75, 3.05) is 5.75 Å². The Hall–Kier alpha value is 0.240.